The number of methoxy groups -OCH3 is 2. The Morgan fingerprint density at radius 2 is 1.86 bits per heavy atom. The van der Waals surface area contributed by atoms with Crippen molar-refractivity contribution in [2.75, 3.05) is 20.0 Å². The Labute approximate surface area is 135 Å². The number of hydrogen-bond acceptors (Lipinski definition) is 4. The Balaban J connectivity index is 2.22. The van der Waals surface area contributed by atoms with Crippen molar-refractivity contribution in [1.29, 1.82) is 0 Å². The molecule has 0 fully saturated rings. The highest BCUT2D eigenvalue weighted by Crippen LogP contribution is 2.36. The number of ether oxygens (including phenoxy) is 2. The number of rotatable bonds is 5. The zero-order valence-corrected chi connectivity index (χ0v) is 14.1. The lowest BCUT2D eigenvalue weighted by molar-refractivity contribution is 0.398. The first-order valence-corrected chi connectivity index (χ1v) is 7.91. The van der Waals surface area contributed by atoms with Crippen LogP contribution in [0.3, 0.4) is 0 Å². The van der Waals surface area contributed by atoms with Crippen LogP contribution >= 0.6 is 27.7 Å². The minimum atomic E-state index is -0.317. The number of halogens is 2. The molecule has 21 heavy (non-hydrogen) atoms. The van der Waals surface area contributed by atoms with Crippen molar-refractivity contribution in [1.82, 2.24) is 0 Å². The van der Waals surface area contributed by atoms with Gasteiger partial charge in [-0.1, -0.05) is 0 Å². The SMILES string of the molecule is COc1cc(CSc2ccc(N)cc2F)c(OC)cc1Br. The molecule has 2 aromatic carbocycles. The number of benzene rings is 2. The average Bonchev–Trinajstić information content (AvgIpc) is 2.47. The first-order valence-electron chi connectivity index (χ1n) is 6.13. The summed E-state index contributed by atoms with van der Waals surface area (Å²) in [5, 5.41) is 0. The van der Waals surface area contributed by atoms with Gasteiger partial charge in [0.25, 0.3) is 0 Å². The molecule has 0 heterocycles. The maximum absolute atomic E-state index is 13.8. The van der Waals surface area contributed by atoms with Crippen molar-refractivity contribution in [2.24, 2.45) is 0 Å². The minimum Gasteiger partial charge on any atom is -0.496 e. The van der Waals surface area contributed by atoms with E-state index in [9.17, 15) is 4.39 Å². The summed E-state index contributed by atoms with van der Waals surface area (Å²) in [6.07, 6.45) is 0. The number of nitrogens with two attached hydrogens (primary N) is 1. The predicted molar refractivity (Wildman–Crippen MR) is 87.6 cm³/mol. The molecule has 3 nitrogen and oxygen atoms in total. The number of hydrogen-bond donors (Lipinski definition) is 1. The summed E-state index contributed by atoms with van der Waals surface area (Å²) in [6.45, 7) is 0. The third-order valence-electron chi connectivity index (χ3n) is 2.89. The van der Waals surface area contributed by atoms with Gasteiger partial charge in [-0.05, 0) is 46.3 Å². The van der Waals surface area contributed by atoms with Crippen molar-refractivity contribution >= 4 is 33.4 Å². The van der Waals surface area contributed by atoms with E-state index in [1.54, 1.807) is 26.4 Å². The highest BCUT2D eigenvalue weighted by Gasteiger charge is 2.11. The lowest BCUT2D eigenvalue weighted by atomic mass is 10.2. The van der Waals surface area contributed by atoms with Gasteiger partial charge in [0.1, 0.15) is 17.3 Å². The van der Waals surface area contributed by atoms with E-state index < -0.39 is 0 Å². The standard InChI is InChI=1S/C15H15BrFNO2S/c1-19-13-7-11(16)14(20-2)5-9(13)8-21-15-4-3-10(18)6-12(15)17/h3-7H,8,18H2,1-2H3. The molecular formula is C15H15BrFNO2S. The molecule has 0 saturated carbocycles. The van der Waals surface area contributed by atoms with Crippen LogP contribution in [0.5, 0.6) is 11.5 Å². The van der Waals surface area contributed by atoms with E-state index in [1.165, 1.54) is 17.8 Å². The molecule has 2 aromatic rings. The quantitative estimate of drug-likeness (QED) is 0.621. The van der Waals surface area contributed by atoms with Crippen LogP contribution in [0.2, 0.25) is 0 Å². The minimum absolute atomic E-state index is 0.317. The van der Waals surface area contributed by atoms with Crippen LogP contribution in [-0.4, -0.2) is 14.2 Å². The molecular weight excluding hydrogens is 357 g/mol. The van der Waals surface area contributed by atoms with Crippen LogP contribution in [0.15, 0.2) is 39.7 Å². The van der Waals surface area contributed by atoms with Crippen LogP contribution in [-0.2, 0) is 5.75 Å². The summed E-state index contributed by atoms with van der Waals surface area (Å²) in [4.78, 5) is 0.549. The van der Waals surface area contributed by atoms with Crippen LogP contribution in [0, 0.1) is 5.82 Å². The molecule has 0 aliphatic rings. The zero-order valence-electron chi connectivity index (χ0n) is 11.7. The smallest absolute Gasteiger partial charge is 0.138 e. The Morgan fingerprint density at radius 3 is 2.48 bits per heavy atom. The molecule has 0 aliphatic heterocycles. The van der Waals surface area contributed by atoms with Gasteiger partial charge in [0.15, 0.2) is 0 Å². The Hall–Kier alpha value is -1.40. The molecule has 6 heteroatoms. The van der Waals surface area contributed by atoms with E-state index in [0.29, 0.717) is 22.1 Å². The molecule has 0 aliphatic carbocycles. The van der Waals surface area contributed by atoms with Gasteiger partial charge in [-0.15, -0.1) is 11.8 Å². The topological polar surface area (TPSA) is 44.5 Å². The molecule has 0 saturated heterocycles. The maximum atomic E-state index is 13.8. The van der Waals surface area contributed by atoms with Gasteiger partial charge >= 0.3 is 0 Å². The van der Waals surface area contributed by atoms with Crippen molar-refractivity contribution in [2.45, 2.75) is 10.6 Å². The molecule has 0 bridgehead atoms. The zero-order chi connectivity index (χ0) is 15.4. The molecule has 0 unspecified atom stereocenters. The third kappa shape index (κ3) is 3.83. The summed E-state index contributed by atoms with van der Waals surface area (Å²) in [7, 11) is 3.20. The average molecular weight is 372 g/mol. The van der Waals surface area contributed by atoms with Gasteiger partial charge in [0, 0.05) is 21.9 Å². The van der Waals surface area contributed by atoms with Gasteiger partial charge in [-0.25, -0.2) is 4.39 Å². The number of nitrogen functional groups attached to an aromatic ring is 1. The second-order valence-electron chi connectivity index (χ2n) is 4.28. The molecule has 2 rings (SSSR count). The second-order valence-corrected chi connectivity index (χ2v) is 6.15. The summed E-state index contributed by atoms with van der Waals surface area (Å²) in [6, 6.07) is 8.41. The lowest BCUT2D eigenvalue weighted by Gasteiger charge is -2.12. The molecule has 0 aromatic heterocycles. The first kappa shape index (κ1) is 16.0. The third-order valence-corrected chi connectivity index (χ3v) is 4.61. The number of thioether (sulfide) groups is 1. The summed E-state index contributed by atoms with van der Waals surface area (Å²) in [5.41, 5.74) is 6.89. The van der Waals surface area contributed by atoms with Crippen molar-refractivity contribution in [3.8, 4) is 11.5 Å². The highest BCUT2D eigenvalue weighted by atomic mass is 79.9. The fourth-order valence-electron chi connectivity index (χ4n) is 1.83. The molecule has 112 valence electrons. The Bertz CT molecular complexity index is 652. The van der Waals surface area contributed by atoms with Gasteiger partial charge in [0.05, 0.1) is 18.7 Å². The fraction of sp³-hybridized carbons (Fsp3) is 0.200. The Kier molecular flexibility index (Phi) is 5.36. The van der Waals surface area contributed by atoms with E-state index in [4.69, 9.17) is 15.2 Å². The van der Waals surface area contributed by atoms with Crippen LogP contribution < -0.4 is 15.2 Å². The largest absolute Gasteiger partial charge is 0.496 e. The predicted octanol–water partition coefficient (Wildman–Crippen LogP) is 4.48. The van der Waals surface area contributed by atoms with Crippen LogP contribution in [0.1, 0.15) is 5.56 Å². The molecule has 0 radical (unpaired) electrons. The van der Waals surface area contributed by atoms with Crippen LogP contribution in [0.25, 0.3) is 0 Å². The lowest BCUT2D eigenvalue weighted by Crippen LogP contribution is -1.94. The van der Waals surface area contributed by atoms with E-state index in [-0.39, 0.29) is 5.82 Å². The maximum Gasteiger partial charge on any atom is 0.138 e. The molecule has 2 N–H and O–H groups in total. The highest BCUT2D eigenvalue weighted by molar-refractivity contribution is 9.10. The van der Waals surface area contributed by atoms with E-state index in [0.717, 1.165) is 15.8 Å². The normalized spacial score (nSPS) is 10.5. The summed E-state index contributed by atoms with van der Waals surface area (Å²) in [5.74, 6) is 1.69. The van der Waals surface area contributed by atoms with E-state index >= 15 is 0 Å². The van der Waals surface area contributed by atoms with Gasteiger partial charge < -0.3 is 15.2 Å². The van der Waals surface area contributed by atoms with Crippen molar-refractivity contribution in [3.05, 3.63) is 46.2 Å². The van der Waals surface area contributed by atoms with E-state index in [1.807, 2.05) is 12.1 Å². The molecule has 0 atom stereocenters. The van der Waals surface area contributed by atoms with E-state index in [2.05, 4.69) is 15.9 Å². The summed E-state index contributed by atoms with van der Waals surface area (Å²) < 4.78 is 25.2. The van der Waals surface area contributed by atoms with Crippen molar-refractivity contribution < 1.29 is 13.9 Å². The van der Waals surface area contributed by atoms with Gasteiger partial charge in [0.2, 0.25) is 0 Å². The monoisotopic (exact) mass is 371 g/mol. The summed E-state index contributed by atoms with van der Waals surface area (Å²) >= 11 is 4.79. The Morgan fingerprint density at radius 1 is 1.14 bits per heavy atom. The van der Waals surface area contributed by atoms with Gasteiger partial charge in [-0.2, -0.15) is 0 Å². The fourth-order valence-corrected chi connectivity index (χ4v) is 3.21. The van der Waals surface area contributed by atoms with Crippen LogP contribution in [0.4, 0.5) is 10.1 Å². The van der Waals surface area contributed by atoms with Crippen molar-refractivity contribution in [3.63, 3.8) is 0 Å². The second kappa shape index (κ2) is 7.04. The first-order chi connectivity index (χ1) is 10.0. The van der Waals surface area contributed by atoms with Gasteiger partial charge in [-0.3, -0.25) is 0 Å². The molecule has 0 amide bonds. The number of anilines is 1. The molecule has 0 spiro atoms.